The van der Waals surface area contributed by atoms with Crippen LogP contribution in [0, 0.1) is 20.8 Å². The maximum atomic E-state index is 2.35. The third kappa shape index (κ3) is 5.03. The zero-order chi connectivity index (χ0) is 24.2. The highest BCUT2D eigenvalue weighted by atomic mass is 32.2. The smallest absolute Gasteiger partial charge is 0.0601 e. The second kappa shape index (κ2) is 10.2. The predicted octanol–water partition coefficient (Wildman–Crippen LogP) is 9.90. The third-order valence-electron chi connectivity index (χ3n) is 6.41. The molecule has 5 aromatic carbocycles. The molecule has 2 heteroatoms. The van der Waals surface area contributed by atoms with Crippen LogP contribution in [0.25, 0.3) is 11.1 Å². The van der Waals surface area contributed by atoms with Crippen LogP contribution in [0.2, 0.25) is 0 Å². The maximum Gasteiger partial charge on any atom is 0.0601 e. The Morgan fingerprint density at radius 2 is 1.06 bits per heavy atom. The summed E-state index contributed by atoms with van der Waals surface area (Å²) in [5, 5.41) is 0. The van der Waals surface area contributed by atoms with Crippen molar-refractivity contribution in [3.8, 4) is 11.1 Å². The van der Waals surface area contributed by atoms with Crippen LogP contribution < -0.4 is 4.90 Å². The first kappa shape index (κ1) is 23.0. The Bertz CT molecular complexity index is 1420. The number of hydrogen-bond acceptors (Lipinski definition) is 2. The predicted molar refractivity (Wildman–Crippen MR) is 151 cm³/mol. The van der Waals surface area contributed by atoms with E-state index in [2.05, 4.69) is 147 Å². The van der Waals surface area contributed by atoms with E-state index in [0.29, 0.717) is 0 Å². The molecule has 0 radical (unpaired) electrons. The van der Waals surface area contributed by atoms with Gasteiger partial charge in [0.15, 0.2) is 0 Å². The monoisotopic (exact) mass is 471 g/mol. The van der Waals surface area contributed by atoms with Gasteiger partial charge in [-0.1, -0.05) is 96.2 Å². The van der Waals surface area contributed by atoms with Crippen LogP contribution in [-0.2, 0) is 0 Å². The molecule has 0 bridgehead atoms. The second-order valence-electron chi connectivity index (χ2n) is 8.85. The van der Waals surface area contributed by atoms with Crippen molar-refractivity contribution < 1.29 is 0 Å². The fraction of sp³-hybridized carbons (Fsp3) is 0.0909. The third-order valence-corrected chi connectivity index (χ3v) is 7.63. The first-order valence-electron chi connectivity index (χ1n) is 12.0. The van der Waals surface area contributed by atoms with Crippen molar-refractivity contribution in [1.29, 1.82) is 0 Å². The van der Waals surface area contributed by atoms with E-state index < -0.39 is 0 Å². The van der Waals surface area contributed by atoms with Crippen LogP contribution >= 0.6 is 11.8 Å². The van der Waals surface area contributed by atoms with E-state index in [9.17, 15) is 0 Å². The molecule has 0 fully saturated rings. The quantitative estimate of drug-likeness (QED) is 0.242. The molecular weight excluding hydrogens is 442 g/mol. The Morgan fingerprint density at radius 1 is 0.486 bits per heavy atom. The zero-order valence-electron chi connectivity index (χ0n) is 20.4. The molecule has 0 spiro atoms. The van der Waals surface area contributed by atoms with Crippen LogP contribution in [0.5, 0.6) is 0 Å². The Morgan fingerprint density at radius 3 is 1.77 bits per heavy atom. The molecule has 1 nitrogen and oxygen atoms in total. The van der Waals surface area contributed by atoms with Gasteiger partial charge >= 0.3 is 0 Å². The molecular formula is C33H29NS. The number of aryl methyl sites for hydroxylation is 2. The largest absolute Gasteiger partial charge is 0.309 e. The van der Waals surface area contributed by atoms with Crippen molar-refractivity contribution in [2.45, 2.75) is 30.6 Å². The topological polar surface area (TPSA) is 3.24 Å². The first-order valence-corrected chi connectivity index (χ1v) is 12.8. The molecule has 5 rings (SSSR count). The Kier molecular flexibility index (Phi) is 6.74. The van der Waals surface area contributed by atoms with Gasteiger partial charge in [-0.2, -0.15) is 0 Å². The van der Waals surface area contributed by atoms with Crippen LogP contribution in [0.1, 0.15) is 16.7 Å². The highest BCUT2D eigenvalue weighted by Crippen LogP contribution is 2.43. The van der Waals surface area contributed by atoms with Gasteiger partial charge in [0.1, 0.15) is 0 Å². The van der Waals surface area contributed by atoms with Gasteiger partial charge in [0.25, 0.3) is 0 Å². The number of anilines is 3. The molecule has 0 amide bonds. The standard InChI is InChI=1S/C33H29NS/c1-24-16-18-27(19-17-24)28-20-22-30(23-21-28)34(29-11-5-4-6-12-29)31-13-7-8-14-33(31)35-32-15-9-10-25(2)26(32)3/h4-23H,1-3H3. The number of hydrogen-bond donors (Lipinski definition) is 0. The summed E-state index contributed by atoms with van der Waals surface area (Å²) in [6, 6.07) is 43.4. The summed E-state index contributed by atoms with van der Waals surface area (Å²) >= 11 is 1.83. The number of benzene rings is 5. The summed E-state index contributed by atoms with van der Waals surface area (Å²) in [4.78, 5) is 4.87. The molecule has 0 aliphatic rings. The molecule has 35 heavy (non-hydrogen) atoms. The Hall–Kier alpha value is -3.75. The van der Waals surface area contributed by atoms with Crippen molar-refractivity contribution in [3.05, 3.63) is 138 Å². The van der Waals surface area contributed by atoms with Gasteiger partial charge in [0.2, 0.25) is 0 Å². The van der Waals surface area contributed by atoms with Gasteiger partial charge < -0.3 is 4.90 Å². The fourth-order valence-corrected chi connectivity index (χ4v) is 5.34. The number of nitrogens with zero attached hydrogens (tertiary/aromatic N) is 1. The normalized spacial score (nSPS) is 10.8. The van der Waals surface area contributed by atoms with E-state index in [4.69, 9.17) is 0 Å². The van der Waals surface area contributed by atoms with Gasteiger partial charge in [-0.05, 0) is 85.5 Å². The summed E-state index contributed by atoms with van der Waals surface area (Å²) in [5.41, 5.74) is 9.84. The highest BCUT2D eigenvalue weighted by Gasteiger charge is 2.17. The maximum absolute atomic E-state index is 2.35. The SMILES string of the molecule is Cc1ccc(-c2ccc(N(c3ccccc3)c3ccccc3Sc3cccc(C)c3C)cc2)cc1. The molecule has 5 aromatic rings. The van der Waals surface area contributed by atoms with Crippen molar-refractivity contribution in [2.24, 2.45) is 0 Å². The van der Waals surface area contributed by atoms with E-state index in [-0.39, 0.29) is 0 Å². The molecule has 0 saturated carbocycles. The summed E-state index contributed by atoms with van der Waals surface area (Å²) in [6.07, 6.45) is 0. The van der Waals surface area contributed by atoms with E-state index >= 15 is 0 Å². The molecule has 0 aliphatic carbocycles. The number of para-hydroxylation sites is 2. The van der Waals surface area contributed by atoms with Gasteiger partial charge in [-0.15, -0.1) is 0 Å². The van der Waals surface area contributed by atoms with Crippen LogP contribution in [-0.4, -0.2) is 0 Å². The summed E-state index contributed by atoms with van der Waals surface area (Å²) < 4.78 is 0. The van der Waals surface area contributed by atoms with Crippen molar-refractivity contribution in [1.82, 2.24) is 0 Å². The lowest BCUT2D eigenvalue weighted by molar-refractivity contribution is 1.21. The molecule has 172 valence electrons. The minimum Gasteiger partial charge on any atom is -0.309 e. The van der Waals surface area contributed by atoms with Gasteiger partial charge in [-0.25, -0.2) is 0 Å². The zero-order valence-corrected chi connectivity index (χ0v) is 21.2. The van der Waals surface area contributed by atoms with E-state index in [1.165, 1.54) is 43.3 Å². The average molecular weight is 472 g/mol. The van der Waals surface area contributed by atoms with E-state index in [0.717, 1.165) is 11.4 Å². The highest BCUT2D eigenvalue weighted by molar-refractivity contribution is 7.99. The van der Waals surface area contributed by atoms with Crippen molar-refractivity contribution in [2.75, 3.05) is 4.90 Å². The van der Waals surface area contributed by atoms with Gasteiger partial charge in [0.05, 0.1) is 5.69 Å². The molecule has 0 aromatic heterocycles. The molecule has 0 heterocycles. The molecule has 0 saturated heterocycles. The second-order valence-corrected chi connectivity index (χ2v) is 9.94. The van der Waals surface area contributed by atoms with Crippen LogP contribution in [0.15, 0.2) is 131 Å². The van der Waals surface area contributed by atoms with Crippen molar-refractivity contribution >= 4 is 28.8 Å². The van der Waals surface area contributed by atoms with Crippen molar-refractivity contribution in [3.63, 3.8) is 0 Å². The average Bonchev–Trinajstić information content (AvgIpc) is 2.89. The minimum absolute atomic E-state index is 1.14. The molecule has 0 unspecified atom stereocenters. The summed E-state index contributed by atoms with van der Waals surface area (Å²) in [7, 11) is 0. The lowest BCUT2D eigenvalue weighted by Gasteiger charge is -2.28. The van der Waals surface area contributed by atoms with Crippen LogP contribution in [0.3, 0.4) is 0 Å². The molecule has 0 N–H and O–H groups in total. The van der Waals surface area contributed by atoms with Gasteiger partial charge in [0, 0.05) is 21.2 Å². The Labute approximate surface area is 213 Å². The van der Waals surface area contributed by atoms with E-state index in [1.54, 1.807) is 0 Å². The molecule has 0 atom stereocenters. The summed E-state index contributed by atoms with van der Waals surface area (Å²) in [6.45, 7) is 6.51. The van der Waals surface area contributed by atoms with E-state index in [1.807, 2.05) is 11.8 Å². The minimum atomic E-state index is 1.14. The summed E-state index contributed by atoms with van der Waals surface area (Å²) in [5.74, 6) is 0. The number of rotatable bonds is 6. The molecule has 0 aliphatic heterocycles. The Balaban J connectivity index is 1.58. The fourth-order valence-electron chi connectivity index (χ4n) is 4.23. The van der Waals surface area contributed by atoms with Gasteiger partial charge in [-0.3, -0.25) is 0 Å². The van der Waals surface area contributed by atoms with Crippen LogP contribution in [0.4, 0.5) is 17.1 Å². The lowest BCUT2D eigenvalue weighted by Crippen LogP contribution is -2.10. The first-order chi connectivity index (χ1) is 17.1. The lowest BCUT2D eigenvalue weighted by atomic mass is 10.0.